The van der Waals surface area contributed by atoms with Gasteiger partial charge in [0.1, 0.15) is 17.7 Å². The molecule has 0 aliphatic heterocycles. The Labute approximate surface area is 202 Å². The molecule has 0 aromatic heterocycles. The Balaban J connectivity index is 2.37. The third-order valence-electron chi connectivity index (χ3n) is 5.38. The van der Waals surface area contributed by atoms with Crippen molar-refractivity contribution in [1.29, 1.82) is 0 Å². The number of terminal acetylenes is 1. The van der Waals surface area contributed by atoms with Gasteiger partial charge in [-0.2, -0.15) is 0 Å². The summed E-state index contributed by atoms with van der Waals surface area (Å²) in [7, 11) is 0. The zero-order valence-corrected chi connectivity index (χ0v) is 20.6. The summed E-state index contributed by atoms with van der Waals surface area (Å²) >= 11 is 0. The number of nitrogens with zero attached hydrogens (tertiary/aromatic N) is 1. The zero-order chi connectivity index (χ0) is 25.3. The van der Waals surface area contributed by atoms with Crippen molar-refractivity contribution < 1.29 is 24.2 Å². The monoisotopic (exact) mass is 471 g/mol. The first-order valence-electron chi connectivity index (χ1n) is 11.9. The van der Waals surface area contributed by atoms with Crippen LogP contribution in [0.25, 0.3) is 0 Å². The maximum atomic E-state index is 13.6. The van der Waals surface area contributed by atoms with Crippen LogP contribution in [0.5, 0.6) is 0 Å². The van der Waals surface area contributed by atoms with Gasteiger partial charge < -0.3 is 25.4 Å². The highest BCUT2D eigenvalue weighted by Gasteiger charge is 2.44. The van der Waals surface area contributed by atoms with E-state index >= 15 is 0 Å². The molecule has 1 aliphatic rings. The van der Waals surface area contributed by atoms with Gasteiger partial charge in [0.05, 0.1) is 6.61 Å². The van der Waals surface area contributed by atoms with Crippen LogP contribution in [0.4, 0.5) is 4.79 Å². The summed E-state index contributed by atoms with van der Waals surface area (Å²) in [5.74, 6) is 1.71. The lowest BCUT2D eigenvalue weighted by molar-refractivity contribution is -0.144. The molecule has 8 heteroatoms. The predicted octanol–water partition coefficient (Wildman–Crippen LogP) is 2.89. The van der Waals surface area contributed by atoms with E-state index < -0.39 is 36.3 Å². The molecule has 8 nitrogen and oxygen atoms in total. The van der Waals surface area contributed by atoms with Gasteiger partial charge in [-0.25, -0.2) is 4.79 Å². The highest BCUT2D eigenvalue weighted by Crippen LogP contribution is 2.36. The van der Waals surface area contributed by atoms with E-state index in [2.05, 4.69) is 23.5 Å². The SMILES string of the molecule is C#Cc1ccccc1C(C(=O)NCCCCC)N(C(=O)C(CO)NC(=O)OC(C)(C)C)C1CC1. The smallest absolute Gasteiger partial charge is 0.408 e. The van der Waals surface area contributed by atoms with Crippen molar-refractivity contribution in [2.45, 2.75) is 83.5 Å². The summed E-state index contributed by atoms with van der Waals surface area (Å²) in [6.07, 6.45) is 9.13. The summed E-state index contributed by atoms with van der Waals surface area (Å²) in [6, 6.07) is 4.57. The molecule has 0 saturated heterocycles. The molecule has 3 N–H and O–H groups in total. The van der Waals surface area contributed by atoms with Crippen LogP contribution in [0, 0.1) is 12.3 Å². The number of unbranched alkanes of at least 4 members (excludes halogenated alkanes) is 2. The summed E-state index contributed by atoms with van der Waals surface area (Å²) in [5.41, 5.74) is 0.276. The first-order chi connectivity index (χ1) is 16.1. The number of carbonyl (C=O) groups excluding carboxylic acids is 3. The molecule has 0 radical (unpaired) electrons. The van der Waals surface area contributed by atoms with Crippen molar-refractivity contribution in [3.05, 3.63) is 35.4 Å². The fourth-order valence-electron chi connectivity index (χ4n) is 3.65. The number of benzene rings is 1. The van der Waals surface area contributed by atoms with E-state index in [0.29, 0.717) is 30.5 Å². The molecular weight excluding hydrogens is 434 g/mol. The minimum atomic E-state index is -1.26. The number of aliphatic hydroxyl groups excluding tert-OH is 1. The summed E-state index contributed by atoms with van der Waals surface area (Å²) in [5, 5.41) is 15.3. The number of hydrogen-bond donors (Lipinski definition) is 3. The van der Waals surface area contributed by atoms with Crippen molar-refractivity contribution in [3.63, 3.8) is 0 Å². The summed E-state index contributed by atoms with van der Waals surface area (Å²) in [6.45, 7) is 7.03. The van der Waals surface area contributed by atoms with Crippen LogP contribution in [-0.2, 0) is 14.3 Å². The molecule has 2 atom stereocenters. The van der Waals surface area contributed by atoms with Crippen LogP contribution in [0.2, 0.25) is 0 Å². The first kappa shape index (κ1) is 27.2. The maximum Gasteiger partial charge on any atom is 0.408 e. The highest BCUT2D eigenvalue weighted by molar-refractivity contribution is 5.93. The first-order valence-corrected chi connectivity index (χ1v) is 11.9. The number of aliphatic hydroxyl groups is 1. The molecule has 3 amide bonds. The Bertz CT molecular complexity index is 898. The van der Waals surface area contributed by atoms with E-state index in [-0.39, 0.29) is 11.9 Å². The molecule has 186 valence electrons. The second-order valence-electron chi connectivity index (χ2n) is 9.49. The van der Waals surface area contributed by atoms with Gasteiger partial charge in [0.2, 0.25) is 11.8 Å². The average Bonchev–Trinajstić information content (AvgIpc) is 3.62. The van der Waals surface area contributed by atoms with E-state index in [9.17, 15) is 19.5 Å². The fourth-order valence-corrected chi connectivity index (χ4v) is 3.65. The average molecular weight is 472 g/mol. The Morgan fingerprint density at radius 2 is 1.91 bits per heavy atom. The quantitative estimate of drug-likeness (QED) is 0.340. The molecule has 0 spiro atoms. The topological polar surface area (TPSA) is 108 Å². The van der Waals surface area contributed by atoms with Gasteiger partial charge in [-0.3, -0.25) is 9.59 Å². The number of nitrogens with one attached hydrogen (secondary N) is 2. The molecule has 34 heavy (non-hydrogen) atoms. The van der Waals surface area contributed by atoms with Gasteiger partial charge in [0, 0.05) is 18.2 Å². The number of hydrogen-bond acceptors (Lipinski definition) is 5. The second kappa shape index (κ2) is 12.4. The number of rotatable bonds is 11. The van der Waals surface area contributed by atoms with Gasteiger partial charge in [-0.1, -0.05) is 43.9 Å². The molecule has 2 unspecified atom stereocenters. The van der Waals surface area contributed by atoms with Crippen LogP contribution < -0.4 is 10.6 Å². The molecule has 1 fully saturated rings. The van der Waals surface area contributed by atoms with Crippen LogP contribution >= 0.6 is 0 Å². The summed E-state index contributed by atoms with van der Waals surface area (Å²) < 4.78 is 5.24. The molecule has 0 bridgehead atoms. The largest absolute Gasteiger partial charge is 0.444 e. The molecule has 1 aromatic rings. The lowest BCUT2D eigenvalue weighted by Crippen LogP contribution is -2.55. The zero-order valence-electron chi connectivity index (χ0n) is 20.6. The van der Waals surface area contributed by atoms with Gasteiger partial charge in [-0.05, 0) is 51.7 Å². The maximum absolute atomic E-state index is 13.6. The predicted molar refractivity (Wildman–Crippen MR) is 130 cm³/mol. The van der Waals surface area contributed by atoms with E-state index in [1.807, 2.05) is 0 Å². The van der Waals surface area contributed by atoms with Crippen molar-refractivity contribution in [2.75, 3.05) is 13.2 Å². The lowest BCUT2D eigenvalue weighted by atomic mass is 9.97. The Hall–Kier alpha value is -3.05. The standard InChI is InChI=1S/C26H37N3O5/c1-6-8-11-16-27-23(31)22(20-13-10-9-12-18(20)7-2)29(19-14-15-19)24(32)21(17-30)28-25(33)34-26(3,4)5/h2,9-10,12-13,19,21-22,30H,6,8,11,14-17H2,1,3-5H3,(H,27,31)(H,28,33). The molecular formula is C26H37N3O5. The van der Waals surface area contributed by atoms with Gasteiger partial charge in [-0.15, -0.1) is 6.42 Å². The van der Waals surface area contributed by atoms with Crippen LogP contribution in [0.1, 0.15) is 77.0 Å². The number of carbonyl (C=O) groups is 3. The Morgan fingerprint density at radius 3 is 2.47 bits per heavy atom. The fraction of sp³-hybridized carbons (Fsp3) is 0.577. The highest BCUT2D eigenvalue weighted by atomic mass is 16.6. The normalized spacial score (nSPS) is 14.9. The van der Waals surface area contributed by atoms with E-state index in [0.717, 1.165) is 19.3 Å². The minimum absolute atomic E-state index is 0.195. The summed E-state index contributed by atoms with van der Waals surface area (Å²) in [4.78, 5) is 40.8. The van der Waals surface area contributed by atoms with Gasteiger partial charge >= 0.3 is 6.09 Å². The third kappa shape index (κ3) is 7.77. The van der Waals surface area contributed by atoms with Crippen molar-refractivity contribution in [2.24, 2.45) is 0 Å². The Kier molecular flexibility index (Phi) is 9.94. The number of amides is 3. The van der Waals surface area contributed by atoms with Gasteiger partial charge in [0.15, 0.2) is 0 Å². The second-order valence-corrected chi connectivity index (χ2v) is 9.49. The van der Waals surface area contributed by atoms with E-state index in [1.54, 1.807) is 45.0 Å². The Morgan fingerprint density at radius 1 is 1.24 bits per heavy atom. The third-order valence-corrected chi connectivity index (χ3v) is 5.38. The van der Waals surface area contributed by atoms with Crippen molar-refractivity contribution >= 4 is 17.9 Å². The van der Waals surface area contributed by atoms with Crippen molar-refractivity contribution in [1.82, 2.24) is 15.5 Å². The lowest BCUT2D eigenvalue weighted by Gasteiger charge is -2.34. The molecule has 1 saturated carbocycles. The van der Waals surface area contributed by atoms with E-state index in [4.69, 9.17) is 11.2 Å². The minimum Gasteiger partial charge on any atom is -0.444 e. The molecule has 1 aliphatic carbocycles. The molecule has 2 rings (SSSR count). The van der Waals surface area contributed by atoms with Crippen molar-refractivity contribution in [3.8, 4) is 12.3 Å². The van der Waals surface area contributed by atoms with Crippen LogP contribution in [0.3, 0.4) is 0 Å². The van der Waals surface area contributed by atoms with Crippen LogP contribution in [-0.4, -0.2) is 58.8 Å². The van der Waals surface area contributed by atoms with Crippen LogP contribution in [0.15, 0.2) is 24.3 Å². The molecule has 0 heterocycles. The number of alkyl carbamates (subject to hydrolysis) is 1. The van der Waals surface area contributed by atoms with Gasteiger partial charge in [0.25, 0.3) is 0 Å². The van der Waals surface area contributed by atoms with E-state index in [1.165, 1.54) is 4.90 Å². The number of ether oxygens (including phenoxy) is 1. The molecule has 1 aromatic carbocycles.